The first-order chi connectivity index (χ1) is 6.63. The highest BCUT2D eigenvalue weighted by Gasteiger charge is 1.97. The van der Waals surface area contributed by atoms with Gasteiger partial charge in [0.15, 0.2) is 0 Å². The van der Waals surface area contributed by atoms with Crippen LogP contribution in [0.3, 0.4) is 0 Å². The summed E-state index contributed by atoms with van der Waals surface area (Å²) in [5.41, 5.74) is 6.65. The zero-order chi connectivity index (χ0) is 10.6. The Kier molecular flexibility index (Phi) is 3.12. The molecule has 3 N–H and O–H groups in total. The van der Waals surface area contributed by atoms with E-state index < -0.39 is 5.97 Å². The fourth-order valence-electron chi connectivity index (χ4n) is 0.940. The number of benzene rings is 1. The smallest absolute Gasteiger partial charge is 0.330 e. The minimum atomic E-state index is -0.447. The molecule has 14 heavy (non-hydrogen) atoms. The molecule has 0 amide bonds. The second kappa shape index (κ2) is 4.32. The van der Waals surface area contributed by atoms with E-state index in [1.165, 1.54) is 31.4 Å². The zero-order valence-electron chi connectivity index (χ0n) is 7.73. The molecule has 0 atom stereocenters. The minimum absolute atomic E-state index is 0.0951. The number of aromatic hydroxyl groups is 1. The van der Waals surface area contributed by atoms with Crippen molar-refractivity contribution in [1.82, 2.24) is 0 Å². The molecule has 0 radical (unpaired) electrons. The van der Waals surface area contributed by atoms with E-state index >= 15 is 0 Å². The number of nitrogen functional groups attached to an aromatic ring is 1. The van der Waals surface area contributed by atoms with Crippen LogP contribution in [-0.2, 0) is 9.53 Å². The van der Waals surface area contributed by atoms with Crippen LogP contribution in [0.5, 0.6) is 5.75 Å². The van der Waals surface area contributed by atoms with Gasteiger partial charge in [0.2, 0.25) is 0 Å². The highest BCUT2D eigenvalue weighted by Crippen LogP contribution is 2.19. The molecule has 0 saturated carbocycles. The van der Waals surface area contributed by atoms with Crippen molar-refractivity contribution in [3.63, 3.8) is 0 Å². The van der Waals surface area contributed by atoms with Crippen LogP contribution in [0.1, 0.15) is 5.56 Å². The van der Waals surface area contributed by atoms with E-state index in [9.17, 15) is 4.79 Å². The van der Waals surface area contributed by atoms with Crippen LogP contribution in [0, 0.1) is 0 Å². The van der Waals surface area contributed by atoms with Crippen LogP contribution in [0.2, 0.25) is 0 Å². The lowest BCUT2D eigenvalue weighted by molar-refractivity contribution is -0.134. The van der Waals surface area contributed by atoms with Crippen molar-refractivity contribution in [2.45, 2.75) is 0 Å². The molecule has 0 saturated heterocycles. The second-order valence-corrected chi connectivity index (χ2v) is 2.67. The number of carbonyl (C=O) groups excluding carboxylic acids is 1. The molecule has 0 heterocycles. The third kappa shape index (κ3) is 2.52. The molecule has 4 heteroatoms. The van der Waals surface area contributed by atoms with Gasteiger partial charge in [-0.15, -0.1) is 0 Å². The van der Waals surface area contributed by atoms with E-state index in [-0.39, 0.29) is 5.75 Å². The molecule has 0 aromatic heterocycles. The first-order valence-corrected chi connectivity index (χ1v) is 3.98. The van der Waals surface area contributed by atoms with Crippen molar-refractivity contribution in [2.75, 3.05) is 12.8 Å². The van der Waals surface area contributed by atoms with Gasteiger partial charge >= 0.3 is 5.97 Å². The van der Waals surface area contributed by atoms with E-state index in [1.807, 2.05) is 0 Å². The third-order valence-electron chi connectivity index (χ3n) is 1.67. The van der Waals surface area contributed by atoms with Crippen molar-refractivity contribution in [1.29, 1.82) is 0 Å². The molecule has 0 unspecified atom stereocenters. The van der Waals surface area contributed by atoms with Gasteiger partial charge < -0.3 is 15.6 Å². The largest absolute Gasteiger partial charge is 0.508 e. The second-order valence-electron chi connectivity index (χ2n) is 2.67. The zero-order valence-corrected chi connectivity index (χ0v) is 7.73. The predicted octanol–water partition coefficient (Wildman–Crippen LogP) is 1.16. The Hall–Kier alpha value is -1.97. The fourth-order valence-corrected chi connectivity index (χ4v) is 0.940. The predicted molar refractivity (Wildman–Crippen MR) is 53.6 cm³/mol. The van der Waals surface area contributed by atoms with E-state index in [0.717, 1.165) is 0 Å². The van der Waals surface area contributed by atoms with Crippen LogP contribution in [-0.4, -0.2) is 18.2 Å². The topological polar surface area (TPSA) is 72.5 Å². The van der Waals surface area contributed by atoms with Crippen molar-refractivity contribution in [2.24, 2.45) is 0 Å². The molecule has 4 nitrogen and oxygen atoms in total. The highest BCUT2D eigenvalue weighted by atomic mass is 16.5. The standard InChI is InChI=1S/C10H11NO3/c1-14-10(13)5-3-7-2-4-8(12)6-9(7)11/h2-6,12H,11H2,1H3. The number of methoxy groups -OCH3 is 1. The first-order valence-electron chi connectivity index (χ1n) is 3.98. The Morgan fingerprint density at radius 1 is 1.57 bits per heavy atom. The summed E-state index contributed by atoms with van der Waals surface area (Å²) in [6.07, 6.45) is 2.79. The van der Waals surface area contributed by atoms with Gasteiger partial charge in [0.05, 0.1) is 7.11 Å². The molecule has 0 aliphatic heterocycles. The summed E-state index contributed by atoms with van der Waals surface area (Å²) in [7, 11) is 1.30. The SMILES string of the molecule is COC(=O)C=Cc1ccc(O)cc1N. The van der Waals surface area contributed by atoms with Gasteiger partial charge in [-0.2, -0.15) is 0 Å². The Balaban J connectivity index is 2.87. The van der Waals surface area contributed by atoms with Crippen molar-refractivity contribution < 1.29 is 14.6 Å². The van der Waals surface area contributed by atoms with E-state index in [2.05, 4.69) is 4.74 Å². The van der Waals surface area contributed by atoms with Crippen LogP contribution in [0.25, 0.3) is 6.08 Å². The Morgan fingerprint density at radius 3 is 2.86 bits per heavy atom. The maximum atomic E-state index is 10.8. The molecule has 0 spiro atoms. The quantitative estimate of drug-likeness (QED) is 0.420. The molecular weight excluding hydrogens is 182 g/mol. The molecule has 1 aromatic rings. The number of carbonyl (C=O) groups is 1. The van der Waals surface area contributed by atoms with Crippen LogP contribution < -0.4 is 5.73 Å². The van der Waals surface area contributed by atoms with Crippen molar-refractivity contribution in [3.8, 4) is 5.75 Å². The molecule has 74 valence electrons. The van der Waals surface area contributed by atoms with Gasteiger partial charge in [-0.25, -0.2) is 4.79 Å². The van der Waals surface area contributed by atoms with Gasteiger partial charge in [0.1, 0.15) is 5.75 Å². The summed E-state index contributed by atoms with van der Waals surface area (Å²) < 4.78 is 4.42. The maximum absolute atomic E-state index is 10.8. The lowest BCUT2D eigenvalue weighted by Gasteiger charge is -2.00. The number of esters is 1. The molecule has 1 rings (SSSR count). The summed E-state index contributed by atoms with van der Waals surface area (Å²) in [5.74, 6) is -0.352. The van der Waals surface area contributed by atoms with Gasteiger partial charge in [-0.3, -0.25) is 0 Å². The summed E-state index contributed by atoms with van der Waals surface area (Å²) in [6.45, 7) is 0. The number of phenols is 1. The van der Waals surface area contributed by atoms with Crippen LogP contribution >= 0.6 is 0 Å². The number of nitrogens with two attached hydrogens (primary N) is 1. The average Bonchev–Trinajstić information content (AvgIpc) is 2.16. The minimum Gasteiger partial charge on any atom is -0.508 e. The first kappa shape index (κ1) is 10.1. The molecule has 0 bridgehead atoms. The number of ether oxygens (including phenoxy) is 1. The molecule has 0 fully saturated rings. The van der Waals surface area contributed by atoms with Gasteiger partial charge in [-0.1, -0.05) is 0 Å². The molecule has 0 aliphatic carbocycles. The van der Waals surface area contributed by atoms with Gasteiger partial charge in [-0.05, 0) is 23.8 Å². The number of phenolic OH excluding ortho intramolecular Hbond substituents is 1. The van der Waals surface area contributed by atoms with E-state index in [0.29, 0.717) is 11.3 Å². The number of hydrogen-bond donors (Lipinski definition) is 2. The Morgan fingerprint density at radius 2 is 2.29 bits per heavy atom. The van der Waals surface area contributed by atoms with E-state index in [4.69, 9.17) is 10.8 Å². The lowest BCUT2D eigenvalue weighted by Crippen LogP contribution is -1.94. The van der Waals surface area contributed by atoms with Gasteiger partial charge in [0.25, 0.3) is 0 Å². The third-order valence-corrected chi connectivity index (χ3v) is 1.67. The summed E-state index contributed by atoms with van der Waals surface area (Å²) >= 11 is 0. The summed E-state index contributed by atoms with van der Waals surface area (Å²) in [6, 6.07) is 4.52. The average molecular weight is 193 g/mol. The number of hydrogen-bond acceptors (Lipinski definition) is 4. The van der Waals surface area contributed by atoms with Gasteiger partial charge in [0, 0.05) is 17.8 Å². The monoisotopic (exact) mass is 193 g/mol. The fraction of sp³-hybridized carbons (Fsp3) is 0.100. The van der Waals surface area contributed by atoms with Crippen molar-refractivity contribution in [3.05, 3.63) is 29.8 Å². The van der Waals surface area contributed by atoms with Crippen LogP contribution in [0.4, 0.5) is 5.69 Å². The highest BCUT2D eigenvalue weighted by molar-refractivity contribution is 5.88. The molecule has 0 aliphatic rings. The molecular formula is C10H11NO3. The summed E-state index contributed by atoms with van der Waals surface area (Å²) in [4.78, 5) is 10.8. The summed E-state index contributed by atoms with van der Waals surface area (Å²) in [5, 5.41) is 9.07. The molecule has 1 aromatic carbocycles. The number of rotatable bonds is 2. The Labute approximate surface area is 81.6 Å². The normalized spacial score (nSPS) is 10.4. The van der Waals surface area contributed by atoms with Crippen molar-refractivity contribution >= 4 is 17.7 Å². The van der Waals surface area contributed by atoms with E-state index in [1.54, 1.807) is 6.07 Å². The Bertz CT molecular complexity index is 372. The van der Waals surface area contributed by atoms with Crippen LogP contribution in [0.15, 0.2) is 24.3 Å². The maximum Gasteiger partial charge on any atom is 0.330 e. The number of anilines is 1. The lowest BCUT2D eigenvalue weighted by atomic mass is 10.1.